The number of aliphatic carboxylic acids is 1. The summed E-state index contributed by atoms with van der Waals surface area (Å²) in [6.45, 7) is 5.25. The Hall–Kier alpha value is -1.69. The highest BCUT2D eigenvalue weighted by atomic mass is 32.1. The molecule has 1 aromatic heterocycles. The number of Topliss-reactive ketones (excluding diaryl/α,β-unsaturated/α-hetero) is 1. The summed E-state index contributed by atoms with van der Waals surface area (Å²) in [6, 6.07) is 1.90. The molecular weight excluding hydrogens is 326 g/mol. The normalized spacial score (nSPS) is 17.8. The van der Waals surface area contributed by atoms with Crippen molar-refractivity contribution in [2.24, 2.45) is 5.92 Å². The quantitative estimate of drug-likeness (QED) is 0.764. The second kappa shape index (κ2) is 8.42. The number of rotatable bonds is 7. The van der Waals surface area contributed by atoms with Gasteiger partial charge in [0, 0.05) is 47.7 Å². The van der Waals surface area contributed by atoms with E-state index in [-0.39, 0.29) is 36.9 Å². The Balaban J connectivity index is 1.82. The van der Waals surface area contributed by atoms with Crippen molar-refractivity contribution < 1.29 is 19.5 Å². The number of nitrogens with zero attached hydrogens (tertiary/aromatic N) is 1. The largest absolute Gasteiger partial charge is 0.481 e. The second-order valence-corrected chi connectivity index (χ2v) is 7.99. The summed E-state index contributed by atoms with van der Waals surface area (Å²) in [7, 11) is 0. The zero-order valence-electron chi connectivity index (χ0n) is 14.3. The number of likely N-dealkylation sites (tertiary alicyclic amines) is 1. The molecule has 0 aromatic carbocycles. The average molecular weight is 351 g/mol. The molecule has 0 aliphatic carbocycles. The van der Waals surface area contributed by atoms with Crippen LogP contribution in [0.25, 0.3) is 0 Å². The van der Waals surface area contributed by atoms with Crippen LogP contribution in [-0.4, -0.2) is 40.8 Å². The van der Waals surface area contributed by atoms with Gasteiger partial charge in [-0.15, -0.1) is 11.3 Å². The van der Waals surface area contributed by atoms with Crippen molar-refractivity contribution in [2.45, 2.75) is 52.4 Å². The molecule has 1 amide bonds. The fraction of sp³-hybridized carbons (Fsp3) is 0.611. The molecule has 1 aromatic rings. The average Bonchev–Trinajstić information content (AvgIpc) is 2.89. The Morgan fingerprint density at radius 1 is 1.25 bits per heavy atom. The molecule has 132 valence electrons. The molecule has 1 unspecified atom stereocenters. The predicted molar refractivity (Wildman–Crippen MR) is 93.5 cm³/mol. The number of hydrogen-bond donors (Lipinski definition) is 1. The van der Waals surface area contributed by atoms with Crippen molar-refractivity contribution in [3.63, 3.8) is 0 Å². The monoisotopic (exact) mass is 351 g/mol. The van der Waals surface area contributed by atoms with Crippen LogP contribution in [0.1, 0.15) is 58.6 Å². The molecule has 0 radical (unpaired) electrons. The number of ketones is 1. The third-order valence-corrected chi connectivity index (χ3v) is 5.51. The minimum Gasteiger partial charge on any atom is -0.481 e. The summed E-state index contributed by atoms with van der Waals surface area (Å²) < 4.78 is 0. The number of carboxylic acid groups (broad SMARTS) is 1. The van der Waals surface area contributed by atoms with E-state index >= 15 is 0 Å². The van der Waals surface area contributed by atoms with Gasteiger partial charge >= 0.3 is 5.97 Å². The Morgan fingerprint density at radius 2 is 2.00 bits per heavy atom. The van der Waals surface area contributed by atoms with Crippen LogP contribution in [0.15, 0.2) is 6.07 Å². The standard InChI is InChI=1S/C18H25NO4S/c1-12-10-15(13(2)24-12)16(20)6-7-17(21)19-9-3-4-14(11-19)5-8-18(22)23/h10,14H,3-9,11H2,1-2H3,(H,22,23). The molecule has 5 nitrogen and oxygen atoms in total. The number of thiophene rings is 1. The summed E-state index contributed by atoms with van der Waals surface area (Å²) in [5, 5.41) is 8.78. The van der Waals surface area contributed by atoms with Gasteiger partial charge in [0.1, 0.15) is 0 Å². The molecule has 0 bridgehead atoms. The van der Waals surface area contributed by atoms with Gasteiger partial charge in [-0.25, -0.2) is 0 Å². The van der Waals surface area contributed by atoms with E-state index in [0.717, 1.165) is 28.2 Å². The van der Waals surface area contributed by atoms with Crippen LogP contribution in [0.5, 0.6) is 0 Å². The van der Waals surface area contributed by atoms with Crippen LogP contribution in [0.3, 0.4) is 0 Å². The van der Waals surface area contributed by atoms with Crippen LogP contribution in [0.4, 0.5) is 0 Å². The molecule has 24 heavy (non-hydrogen) atoms. The maximum Gasteiger partial charge on any atom is 0.303 e. The van der Waals surface area contributed by atoms with E-state index < -0.39 is 5.97 Å². The molecule has 2 rings (SSSR count). The Bertz CT molecular complexity index is 623. The first-order valence-corrected chi connectivity index (χ1v) is 9.28. The van der Waals surface area contributed by atoms with Crippen molar-refractivity contribution in [3.05, 3.63) is 21.4 Å². The number of hydrogen-bond acceptors (Lipinski definition) is 4. The number of piperidine rings is 1. The first kappa shape index (κ1) is 18.6. The van der Waals surface area contributed by atoms with E-state index in [0.29, 0.717) is 19.5 Å². The molecule has 1 N–H and O–H groups in total. The lowest BCUT2D eigenvalue weighted by molar-refractivity contribution is -0.137. The van der Waals surface area contributed by atoms with E-state index in [9.17, 15) is 14.4 Å². The van der Waals surface area contributed by atoms with Crippen LogP contribution in [-0.2, 0) is 9.59 Å². The maximum atomic E-state index is 12.4. The van der Waals surface area contributed by atoms with E-state index in [2.05, 4.69) is 0 Å². The second-order valence-electron chi connectivity index (χ2n) is 6.53. The third kappa shape index (κ3) is 5.16. The SMILES string of the molecule is Cc1cc(C(=O)CCC(=O)N2CCCC(CCC(=O)O)C2)c(C)s1. The molecule has 0 saturated carbocycles. The Morgan fingerprint density at radius 3 is 2.62 bits per heavy atom. The lowest BCUT2D eigenvalue weighted by atomic mass is 9.93. The van der Waals surface area contributed by atoms with E-state index in [1.807, 2.05) is 19.9 Å². The lowest BCUT2D eigenvalue weighted by Gasteiger charge is -2.32. The van der Waals surface area contributed by atoms with Crippen LogP contribution in [0, 0.1) is 19.8 Å². The first-order valence-electron chi connectivity index (χ1n) is 8.46. The zero-order chi connectivity index (χ0) is 17.7. The van der Waals surface area contributed by atoms with Gasteiger partial charge < -0.3 is 10.0 Å². The maximum absolute atomic E-state index is 12.4. The first-order chi connectivity index (χ1) is 11.4. The Labute approximate surface area is 146 Å². The fourth-order valence-electron chi connectivity index (χ4n) is 3.28. The highest BCUT2D eigenvalue weighted by Crippen LogP contribution is 2.24. The van der Waals surface area contributed by atoms with Gasteiger partial charge in [-0.3, -0.25) is 14.4 Å². The van der Waals surface area contributed by atoms with Crippen molar-refractivity contribution in [2.75, 3.05) is 13.1 Å². The molecule has 2 heterocycles. The molecule has 1 saturated heterocycles. The number of aryl methyl sites for hydroxylation is 2. The minimum absolute atomic E-state index is 0.00739. The summed E-state index contributed by atoms with van der Waals surface area (Å²) in [4.78, 5) is 39.2. The predicted octanol–water partition coefficient (Wildman–Crippen LogP) is 3.43. The molecule has 1 aliphatic heterocycles. The molecule has 1 aliphatic rings. The van der Waals surface area contributed by atoms with Crippen molar-refractivity contribution in [1.29, 1.82) is 0 Å². The summed E-state index contributed by atoms with van der Waals surface area (Å²) >= 11 is 1.60. The fourth-order valence-corrected chi connectivity index (χ4v) is 4.22. The van der Waals surface area contributed by atoms with Gasteiger partial charge in [0.15, 0.2) is 5.78 Å². The number of carboxylic acids is 1. The van der Waals surface area contributed by atoms with Crippen LogP contribution < -0.4 is 0 Å². The number of carbonyl (C=O) groups is 3. The highest BCUT2D eigenvalue weighted by molar-refractivity contribution is 7.12. The van der Waals surface area contributed by atoms with Gasteiger partial charge in [0.05, 0.1) is 0 Å². The molecule has 6 heteroatoms. The van der Waals surface area contributed by atoms with Crippen LogP contribution in [0.2, 0.25) is 0 Å². The van der Waals surface area contributed by atoms with Gasteiger partial charge in [-0.05, 0) is 45.1 Å². The zero-order valence-corrected chi connectivity index (χ0v) is 15.2. The third-order valence-electron chi connectivity index (χ3n) is 4.55. The number of amides is 1. The summed E-state index contributed by atoms with van der Waals surface area (Å²) in [5.74, 6) is -0.487. The van der Waals surface area contributed by atoms with Gasteiger partial charge in [-0.2, -0.15) is 0 Å². The van der Waals surface area contributed by atoms with Crippen molar-refractivity contribution in [1.82, 2.24) is 4.90 Å². The van der Waals surface area contributed by atoms with E-state index in [1.165, 1.54) is 0 Å². The highest BCUT2D eigenvalue weighted by Gasteiger charge is 2.24. The Kier molecular flexibility index (Phi) is 6.54. The van der Waals surface area contributed by atoms with Gasteiger partial charge in [0.2, 0.25) is 5.91 Å². The smallest absolute Gasteiger partial charge is 0.303 e. The van der Waals surface area contributed by atoms with Crippen molar-refractivity contribution >= 4 is 29.0 Å². The van der Waals surface area contributed by atoms with E-state index in [1.54, 1.807) is 16.2 Å². The molecular formula is C18H25NO4S. The van der Waals surface area contributed by atoms with Gasteiger partial charge in [0.25, 0.3) is 0 Å². The molecule has 1 atom stereocenters. The minimum atomic E-state index is -0.787. The topological polar surface area (TPSA) is 74.7 Å². The summed E-state index contributed by atoms with van der Waals surface area (Å²) in [6.07, 6.45) is 3.13. The summed E-state index contributed by atoms with van der Waals surface area (Å²) in [5.41, 5.74) is 0.739. The molecule has 0 spiro atoms. The molecule has 1 fully saturated rings. The lowest BCUT2D eigenvalue weighted by Crippen LogP contribution is -2.40. The van der Waals surface area contributed by atoms with Crippen molar-refractivity contribution in [3.8, 4) is 0 Å². The van der Waals surface area contributed by atoms with E-state index in [4.69, 9.17) is 5.11 Å². The number of carbonyl (C=O) groups excluding carboxylic acids is 2. The van der Waals surface area contributed by atoms with Crippen LogP contribution >= 0.6 is 11.3 Å². The van der Waals surface area contributed by atoms with Gasteiger partial charge in [-0.1, -0.05) is 0 Å².